The van der Waals surface area contributed by atoms with Gasteiger partial charge in [0.2, 0.25) is 0 Å². The third kappa shape index (κ3) is 2.00. The Morgan fingerprint density at radius 3 is 2.25 bits per heavy atom. The molecule has 5 unspecified atom stereocenters. The molecule has 0 bridgehead atoms. The number of allylic oxidation sites excluding steroid dienone is 2. The average molecular weight is 399 g/mol. The fourth-order valence-corrected chi connectivity index (χ4v) is 6.35. The van der Waals surface area contributed by atoms with Gasteiger partial charge in [-0.05, 0) is 28.7 Å². The van der Waals surface area contributed by atoms with Gasteiger partial charge < -0.3 is 4.98 Å². The smallest absolute Gasteiger partial charge is 0.0730 e. The van der Waals surface area contributed by atoms with Crippen molar-refractivity contribution in [1.82, 2.24) is 4.98 Å². The summed E-state index contributed by atoms with van der Waals surface area (Å²) in [6.45, 7) is 2.26. The highest BCUT2D eigenvalue weighted by molar-refractivity contribution is 14.1. The first-order valence-electron chi connectivity index (χ1n) is 4.75. The van der Waals surface area contributed by atoms with Crippen molar-refractivity contribution in [3.8, 4) is 0 Å². The van der Waals surface area contributed by atoms with Crippen molar-refractivity contribution in [2.75, 3.05) is 0 Å². The van der Waals surface area contributed by atoms with E-state index in [2.05, 4.69) is 77.5 Å². The van der Waals surface area contributed by atoms with Gasteiger partial charge in [0.15, 0.2) is 0 Å². The molecule has 6 heteroatoms. The minimum absolute atomic E-state index is 0.0256. The molecule has 1 N–H and O–H groups in total. The van der Waals surface area contributed by atoms with E-state index in [4.69, 9.17) is 0 Å². The van der Waals surface area contributed by atoms with Crippen LogP contribution in [0, 0.1) is 0 Å². The van der Waals surface area contributed by atoms with Crippen LogP contribution in [0.5, 0.6) is 0 Å². The summed E-state index contributed by atoms with van der Waals surface area (Å²) in [5.74, 6) is 0. The van der Waals surface area contributed by atoms with E-state index in [-0.39, 0.29) is 3.42 Å². The number of aromatic amines is 1. The summed E-state index contributed by atoms with van der Waals surface area (Å²) in [4.78, 5) is 3.35. The number of nitrogens with one attached hydrogen (secondary N) is 1. The highest BCUT2D eigenvalue weighted by Crippen LogP contribution is 2.58. The predicted molar refractivity (Wildman–Crippen MR) is 95.9 cm³/mol. The first kappa shape index (κ1) is 13.6. The number of alkyl halides is 1. The van der Waals surface area contributed by atoms with Gasteiger partial charge in [-0.2, -0.15) is 0 Å². The molecular weight excluding hydrogens is 385 g/mol. The van der Waals surface area contributed by atoms with Crippen LogP contribution in [-0.4, -0.2) is 8.41 Å². The van der Waals surface area contributed by atoms with Crippen molar-refractivity contribution in [2.24, 2.45) is 0 Å². The maximum atomic E-state index is 3.35. The maximum absolute atomic E-state index is 3.35. The third-order valence-corrected chi connectivity index (χ3v) is 5.02. The molecule has 0 aliphatic heterocycles. The molecule has 5 atom stereocenters. The fraction of sp³-hybridized carbons (Fsp3) is 0.200. The van der Waals surface area contributed by atoms with Crippen LogP contribution in [0.3, 0.4) is 0 Å². The van der Waals surface area contributed by atoms with E-state index in [9.17, 15) is 0 Å². The summed E-state index contributed by atoms with van der Waals surface area (Å²) in [6.07, 6.45) is 2.01. The van der Waals surface area contributed by atoms with Crippen molar-refractivity contribution in [2.45, 2.75) is 10.3 Å². The summed E-state index contributed by atoms with van der Waals surface area (Å²) >= 11 is 2.52. The Morgan fingerprint density at radius 1 is 1.19 bits per heavy atom. The molecule has 0 aromatic carbocycles. The predicted octanol–water partition coefficient (Wildman–Crippen LogP) is 4.06. The van der Waals surface area contributed by atoms with Crippen molar-refractivity contribution >= 4 is 70.7 Å². The zero-order valence-corrected chi connectivity index (χ0v) is 15.6. The van der Waals surface area contributed by atoms with Crippen LogP contribution in [0.25, 0.3) is 11.1 Å². The van der Waals surface area contributed by atoms with Crippen LogP contribution >= 0.6 is 59.6 Å². The van der Waals surface area contributed by atoms with Gasteiger partial charge in [-0.3, -0.25) is 0 Å². The zero-order valence-electron chi connectivity index (χ0n) is 8.84. The monoisotopic (exact) mass is 399 g/mol. The van der Waals surface area contributed by atoms with Crippen LogP contribution < -0.4 is 0 Å². The number of rotatable bonds is 0. The normalized spacial score (nSPS) is 23.6. The summed E-state index contributed by atoms with van der Waals surface area (Å²) in [7, 11) is 11.2. The summed E-state index contributed by atoms with van der Waals surface area (Å²) in [6, 6.07) is 2.15. The number of halogens is 1. The lowest BCUT2D eigenvalue weighted by atomic mass is 10.0. The van der Waals surface area contributed by atoms with Crippen LogP contribution in [-0.2, 0) is 0 Å². The van der Waals surface area contributed by atoms with Gasteiger partial charge in [0.1, 0.15) is 0 Å². The van der Waals surface area contributed by atoms with Gasteiger partial charge in [-0.25, -0.2) is 0 Å². The summed E-state index contributed by atoms with van der Waals surface area (Å²) in [5, 5.41) is 2.44. The van der Waals surface area contributed by atoms with Crippen LogP contribution in [0.15, 0.2) is 22.4 Å². The largest absolute Gasteiger partial charge is 0.361 e. The average Bonchev–Trinajstić information content (AvgIpc) is 2.57. The van der Waals surface area contributed by atoms with Crippen molar-refractivity contribution < 1.29 is 0 Å². The molecule has 0 saturated carbocycles. The van der Waals surface area contributed by atoms with Gasteiger partial charge >= 0.3 is 0 Å². The van der Waals surface area contributed by atoms with E-state index in [1.165, 1.54) is 32.5 Å². The fourth-order valence-electron chi connectivity index (χ4n) is 2.24. The maximum Gasteiger partial charge on any atom is 0.0730 e. The quantitative estimate of drug-likeness (QED) is 0.385. The molecule has 86 valence electrons. The van der Waals surface area contributed by atoms with Crippen molar-refractivity contribution in [3.05, 3.63) is 33.6 Å². The van der Waals surface area contributed by atoms with Crippen molar-refractivity contribution in [1.29, 1.82) is 0 Å². The Bertz CT molecular complexity index is 462. The number of H-pyrrole nitrogens is 1. The number of hydrogen-bond acceptors (Lipinski definition) is 0. The first-order valence-corrected chi connectivity index (χ1v) is 8.14. The Hall–Kier alpha value is 1.21. The van der Waals surface area contributed by atoms with E-state index >= 15 is 0 Å². The van der Waals surface area contributed by atoms with Gasteiger partial charge in [0, 0.05) is 17.3 Å². The van der Waals surface area contributed by atoms with Crippen molar-refractivity contribution in [3.63, 3.8) is 0 Å². The molecule has 0 saturated heterocycles. The molecule has 2 rings (SSSR count). The van der Waals surface area contributed by atoms with Crippen LogP contribution in [0.2, 0.25) is 0 Å². The Balaban J connectivity index is 2.83. The molecule has 16 heavy (non-hydrogen) atoms. The van der Waals surface area contributed by atoms with E-state index in [1.54, 1.807) is 0 Å². The van der Waals surface area contributed by atoms with E-state index in [0.29, 0.717) is 0 Å². The van der Waals surface area contributed by atoms with Crippen LogP contribution in [0.1, 0.15) is 18.2 Å². The second kappa shape index (κ2) is 4.71. The minimum Gasteiger partial charge on any atom is -0.361 e. The Labute approximate surface area is 119 Å². The van der Waals surface area contributed by atoms with Gasteiger partial charge in [-0.1, -0.05) is 22.6 Å². The number of fused-ring (bicyclic) bond motifs is 1. The molecule has 1 aliphatic rings. The zero-order chi connectivity index (χ0) is 12.1. The number of aromatic nitrogens is 1. The molecule has 1 aliphatic carbocycles. The summed E-state index contributed by atoms with van der Waals surface area (Å²) < 4.78 is 0.0256. The second-order valence-electron chi connectivity index (χ2n) is 3.93. The molecule has 0 fully saturated rings. The lowest BCUT2D eigenvalue weighted by molar-refractivity contribution is 1.13. The summed E-state index contributed by atoms with van der Waals surface area (Å²) in [5.41, 5.74) is 5.28. The Kier molecular flexibility index (Phi) is 4.02. The molecule has 1 aromatic heterocycles. The molecule has 0 spiro atoms. The second-order valence-corrected chi connectivity index (χ2v) is 9.91. The molecule has 1 aromatic rings. The minimum atomic E-state index is 0.0256. The molecule has 1 heterocycles. The SMILES string of the molecule is CC1(I)C(=C(P)P)c2cc[nH]c2C1=C(P)P. The molecule has 1 nitrogen and oxygen atoms in total. The molecule has 0 amide bonds. The Morgan fingerprint density at radius 2 is 1.75 bits per heavy atom. The highest BCUT2D eigenvalue weighted by atomic mass is 127. The van der Waals surface area contributed by atoms with Crippen LogP contribution in [0.4, 0.5) is 0 Å². The first-order chi connectivity index (χ1) is 7.37. The molecule has 0 radical (unpaired) electrons. The van der Waals surface area contributed by atoms with E-state index < -0.39 is 0 Å². The highest BCUT2D eigenvalue weighted by Gasteiger charge is 2.42. The van der Waals surface area contributed by atoms with Gasteiger partial charge in [-0.15, -0.1) is 37.0 Å². The van der Waals surface area contributed by atoms with E-state index in [1.807, 2.05) is 6.20 Å². The molecular formula is C10H14INP4. The lowest BCUT2D eigenvalue weighted by Crippen LogP contribution is -2.14. The topological polar surface area (TPSA) is 15.8 Å². The number of hydrogen-bond donors (Lipinski definition) is 1. The van der Waals surface area contributed by atoms with E-state index in [0.717, 1.165) is 0 Å². The van der Waals surface area contributed by atoms with Gasteiger partial charge in [0.05, 0.1) is 9.12 Å². The lowest BCUT2D eigenvalue weighted by Gasteiger charge is -2.23. The standard InChI is InChI=1S/C10H14INP4/c1-10(11)5(8(13)14)4-2-3-12-7(4)6(10)9(15)16/h2-3,12H,13-16H2,1H3. The third-order valence-electron chi connectivity index (χ3n) is 2.78. The van der Waals surface area contributed by atoms with Gasteiger partial charge in [0.25, 0.3) is 0 Å².